The molecule has 0 spiro atoms. The molecular weight excluding hydrogens is 262 g/mol. The summed E-state index contributed by atoms with van der Waals surface area (Å²) in [4.78, 5) is 4.32. The molecule has 0 bridgehead atoms. The summed E-state index contributed by atoms with van der Waals surface area (Å²) in [7, 11) is 0. The molecule has 1 aromatic carbocycles. The lowest BCUT2D eigenvalue weighted by molar-refractivity contribution is 0.907. The molecule has 2 rings (SSSR count). The Hall–Kier alpha value is -1.88. The molecule has 0 aliphatic rings. The van der Waals surface area contributed by atoms with Crippen molar-refractivity contribution in [2.75, 3.05) is 17.2 Å². The Kier molecular flexibility index (Phi) is 4.92. The summed E-state index contributed by atoms with van der Waals surface area (Å²) in [5.41, 5.74) is 1.13. The van der Waals surface area contributed by atoms with Crippen LogP contribution in [0.4, 0.5) is 11.8 Å². The highest BCUT2D eigenvalue weighted by molar-refractivity contribution is 6.30. The van der Waals surface area contributed by atoms with Crippen molar-refractivity contribution < 1.29 is 0 Å². The molecule has 1 aromatic heterocycles. The van der Waals surface area contributed by atoms with Gasteiger partial charge in [-0.05, 0) is 24.1 Å². The van der Waals surface area contributed by atoms with Gasteiger partial charge >= 0.3 is 0 Å². The second-order valence-corrected chi connectivity index (χ2v) is 4.51. The van der Waals surface area contributed by atoms with E-state index in [-0.39, 0.29) is 0 Å². The maximum Gasteiger partial charge on any atom is 0.244 e. The minimum Gasteiger partial charge on any atom is -0.365 e. The lowest BCUT2D eigenvalue weighted by Crippen LogP contribution is -2.08. The first-order valence-electron chi connectivity index (χ1n) is 6.20. The molecule has 6 heteroatoms. The first-order chi connectivity index (χ1) is 9.28. The zero-order valence-electron chi connectivity index (χ0n) is 10.7. The van der Waals surface area contributed by atoms with E-state index in [0.29, 0.717) is 18.3 Å². The summed E-state index contributed by atoms with van der Waals surface area (Å²) >= 11 is 5.84. The molecule has 2 aromatic rings. The predicted molar refractivity (Wildman–Crippen MR) is 77.4 cm³/mol. The summed E-state index contributed by atoms with van der Waals surface area (Å²) < 4.78 is 0. The number of nitrogens with one attached hydrogen (secondary N) is 2. The van der Waals surface area contributed by atoms with E-state index in [9.17, 15) is 0 Å². The van der Waals surface area contributed by atoms with Crippen LogP contribution in [0.15, 0.2) is 30.5 Å². The highest BCUT2D eigenvalue weighted by Crippen LogP contribution is 2.11. The van der Waals surface area contributed by atoms with Gasteiger partial charge < -0.3 is 10.6 Å². The van der Waals surface area contributed by atoms with Crippen molar-refractivity contribution in [3.63, 3.8) is 0 Å². The SMILES string of the molecule is CCCNc1nncc(NCc2ccc(Cl)cc2)n1. The average molecular weight is 278 g/mol. The topological polar surface area (TPSA) is 62.7 Å². The van der Waals surface area contributed by atoms with Crippen LogP contribution in [0.25, 0.3) is 0 Å². The molecule has 0 aliphatic carbocycles. The molecule has 0 amide bonds. The van der Waals surface area contributed by atoms with Gasteiger partial charge in [0.25, 0.3) is 0 Å². The third kappa shape index (κ3) is 4.37. The van der Waals surface area contributed by atoms with Gasteiger partial charge in [-0.3, -0.25) is 0 Å². The average Bonchev–Trinajstić information content (AvgIpc) is 2.45. The highest BCUT2D eigenvalue weighted by Gasteiger charge is 2.00. The fourth-order valence-corrected chi connectivity index (χ4v) is 1.62. The van der Waals surface area contributed by atoms with Crippen molar-refractivity contribution in [1.82, 2.24) is 15.2 Å². The van der Waals surface area contributed by atoms with E-state index in [4.69, 9.17) is 11.6 Å². The van der Waals surface area contributed by atoms with Gasteiger partial charge in [-0.1, -0.05) is 30.7 Å². The van der Waals surface area contributed by atoms with Gasteiger partial charge in [-0.2, -0.15) is 10.1 Å². The van der Waals surface area contributed by atoms with Crippen molar-refractivity contribution in [3.05, 3.63) is 41.0 Å². The first-order valence-corrected chi connectivity index (χ1v) is 6.57. The van der Waals surface area contributed by atoms with E-state index in [2.05, 4.69) is 32.7 Å². The number of aromatic nitrogens is 3. The minimum absolute atomic E-state index is 0.544. The summed E-state index contributed by atoms with van der Waals surface area (Å²) in [6, 6.07) is 7.68. The lowest BCUT2D eigenvalue weighted by atomic mass is 10.2. The smallest absolute Gasteiger partial charge is 0.244 e. The number of nitrogens with zero attached hydrogens (tertiary/aromatic N) is 3. The monoisotopic (exact) mass is 277 g/mol. The highest BCUT2D eigenvalue weighted by atomic mass is 35.5. The first kappa shape index (κ1) is 13.5. The third-order valence-electron chi connectivity index (χ3n) is 2.48. The van der Waals surface area contributed by atoms with Crippen molar-refractivity contribution in [3.8, 4) is 0 Å². The summed E-state index contributed by atoms with van der Waals surface area (Å²) in [5, 5.41) is 14.9. The third-order valence-corrected chi connectivity index (χ3v) is 2.73. The van der Waals surface area contributed by atoms with Gasteiger partial charge in [0, 0.05) is 18.1 Å². The van der Waals surface area contributed by atoms with Crippen LogP contribution in [0.2, 0.25) is 5.02 Å². The second-order valence-electron chi connectivity index (χ2n) is 4.07. The Balaban J connectivity index is 1.93. The van der Waals surface area contributed by atoms with Crippen LogP contribution >= 0.6 is 11.6 Å². The molecule has 2 N–H and O–H groups in total. The Morgan fingerprint density at radius 3 is 2.68 bits per heavy atom. The maximum absolute atomic E-state index is 5.84. The Bertz CT molecular complexity index is 515. The van der Waals surface area contributed by atoms with E-state index >= 15 is 0 Å². The van der Waals surface area contributed by atoms with E-state index in [1.807, 2.05) is 24.3 Å². The van der Waals surface area contributed by atoms with Crippen LogP contribution < -0.4 is 10.6 Å². The van der Waals surface area contributed by atoms with E-state index in [1.165, 1.54) is 0 Å². The van der Waals surface area contributed by atoms with Crippen molar-refractivity contribution in [2.24, 2.45) is 0 Å². The van der Waals surface area contributed by atoms with Crippen LogP contribution in [0.5, 0.6) is 0 Å². The summed E-state index contributed by atoms with van der Waals surface area (Å²) in [6.07, 6.45) is 2.62. The van der Waals surface area contributed by atoms with Crippen LogP contribution in [-0.2, 0) is 6.54 Å². The standard InChI is InChI=1S/C13H16ClN5/c1-2-7-15-13-18-12(9-17-19-13)16-8-10-3-5-11(14)6-4-10/h3-6,9H,2,7-8H2,1H3,(H2,15,16,18,19). The number of hydrogen-bond donors (Lipinski definition) is 2. The zero-order chi connectivity index (χ0) is 13.5. The van der Waals surface area contributed by atoms with Gasteiger partial charge in [-0.25, -0.2) is 0 Å². The molecule has 0 unspecified atom stereocenters. The quantitative estimate of drug-likeness (QED) is 0.850. The van der Waals surface area contributed by atoms with Gasteiger partial charge in [0.2, 0.25) is 5.95 Å². The Morgan fingerprint density at radius 2 is 1.95 bits per heavy atom. The van der Waals surface area contributed by atoms with Crippen LogP contribution in [-0.4, -0.2) is 21.7 Å². The number of hydrogen-bond acceptors (Lipinski definition) is 5. The van der Waals surface area contributed by atoms with Crippen molar-refractivity contribution >= 4 is 23.4 Å². The van der Waals surface area contributed by atoms with Crippen LogP contribution in [0.3, 0.4) is 0 Å². The molecule has 100 valence electrons. The Labute approximate surface area is 117 Å². The Morgan fingerprint density at radius 1 is 1.16 bits per heavy atom. The van der Waals surface area contributed by atoms with Gasteiger partial charge in [0.1, 0.15) is 0 Å². The molecule has 0 aliphatic heterocycles. The summed E-state index contributed by atoms with van der Waals surface area (Å²) in [5.74, 6) is 1.24. The van der Waals surface area contributed by atoms with Gasteiger partial charge in [0.05, 0.1) is 6.20 Å². The number of anilines is 2. The molecule has 5 nitrogen and oxygen atoms in total. The molecule has 0 radical (unpaired) electrons. The predicted octanol–water partition coefficient (Wildman–Crippen LogP) is 2.96. The fraction of sp³-hybridized carbons (Fsp3) is 0.308. The van der Waals surface area contributed by atoms with Gasteiger partial charge in [0.15, 0.2) is 5.82 Å². The number of benzene rings is 1. The molecular formula is C13H16ClN5. The molecule has 0 saturated carbocycles. The normalized spacial score (nSPS) is 10.2. The molecule has 0 saturated heterocycles. The second kappa shape index (κ2) is 6.89. The van der Waals surface area contributed by atoms with Gasteiger partial charge in [-0.15, -0.1) is 5.10 Å². The largest absolute Gasteiger partial charge is 0.365 e. The number of rotatable bonds is 6. The summed E-state index contributed by atoms with van der Waals surface area (Å²) in [6.45, 7) is 3.59. The minimum atomic E-state index is 0.544. The van der Waals surface area contributed by atoms with Crippen molar-refractivity contribution in [1.29, 1.82) is 0 Å². The van der Waals surface area contributed by atoms with Crippen LogP contribution in [0.1, 0.15) is 18.9 Å². The van der Waals surface area contributed by atoms with Crippen LogP contribution in [0, 0.1) is 0 Å². The lowest BCUT2D eigenvalue weighted by Gasteiger charge is -2.07. The fourth-order valence-electron chi connectivity index (χ4n) is 1.50. The maximum atomic E-state index is 5.84. The number of halogens is 1. The van der Waals surface area contributed by atoms with Crippen molar-refractivity contribution in [2.45, 2.75) is 19.9 Å². The van der Waals surface area contributed by atoms with E-state index in [0.717, 1.165) is 23.6 Å². The molecule has 19 heavy (non-hydrogen) atoms. The molecule has 0 fully saturated rings. The zero-order valence-corrected chi connectivity index (χ0v) is 11.5. The van der Waals surface area contributed by atoms with E-state index in [1.54, 1.807) is 6.20 Å². The molecule has 1 heterocycles. The molecule has 0 atom stereocenters. The van der Waals surface area contributed by atoms with E-state index < -0.39 is 0 Å².